The summed E-state index contributed by atoms with van der Waals surface area (Å²) < 4.78 is 5.24. The number of carbonyl (C=O) groups is 2. The van der Waals surface area contributed by atoms with Crippen molar-refractivity contribution in [2.75, 3.05) is 7.11 Å². The van der Waals surface area contributed by atoms with Gasteiger partial charge in [-0.3, -0.25) is 9.59 Å². The smallest absolute Gasteiger partial charge is 0.225 e. The number of carbonyl (C=O) groups excluding carboxylic acids is 2. The number of rotatable bonds is 10. The molecule has 0 bridgehead atoms. The van der Waals surface area contributed by atoms with Crippen LogP contribution < -0.4 is 10.6 Å². The summed E-state index contributed by atoms with van der Waals surface area (Å²) in [5.41, 5.74) is 1.07. The molecule has 3 atom stereocenters. The molecule has 3 unspecified atom stereocenters. The lowest BCUT2D eigenvalue weighted by atomic mass is 9.93. The van der Waals surface area contributed by atoms with Gasteiger partial charge in [0, 0.05) is 13.0 Å². The Hall–Kier alpha value is -2.30. The Morgan fingerprint density at radius 2 is 1.73 bits per heavy atom. The minimum atomic E-state index is -0.390. The van der Waals surface area contributed by atoms with E-state index in [9.17, 15) is 9.59 Å². The molecular weight excluding hydrogens is 328 g/mol. The van der Waals surface area contributed by atoms with E-state index in [1.165, 1.54) is 6.92 Å². The summed E-state index contributed by atoms with van der Waals surface area (Å²) in [6.07, 6.45) is 1.34. The summed E-state index contributed by atoms with van der Waals surface area (Å²) in [6.45, 7) is 11.4. The predicted octanol–water partition coefficient (Wildman–Crippen LogP) is 3.06. The molecule has 0 aliphatic carbocycles. The highest BCUT2D eigenvalue weighted by atomic mass is 16.5. The highest BCUT2D eigenvalue weighted by Gasteiger charge is 2.28. The number of methoxy groups -OCH3 is 1. The second-order valence-corrected chi connectivity index (χ2v) is 7.15. The summed E-state index contributed by atoms with van der Waals surface area (Å²) in [6, 6.07) is 9.30. The Morgan fingerprint density at radius 1 is 1.12 bits per heavy atom. The molecule has 0 radical (unpaired) electrons. The summed E-state index contributed by atoms with van der Waals surface area (Å²) in [4.78, 5) is 24.4. The number of hydrogen-bond donors (Lipinski definition) is 2. The molecule has 0 aromatic heterocycles. The molecule has 2 amide bonds. The van der Waals surface area contributed by atoms with E-state index < -0.39 is 5.92 Å². The average molecular weight is 360 g/mol. The van der Waals surface area contributed by atoms with Crippen LogP contribution in [-0.4, -0.2) is 31.0 Å². The van der Waals surface area contributed by atoms with E-state index in [-0.39, 0.29) is 23.9 Å². The fraction of sp³-hybridized carbons (Fsp3) is 0.524. The maximum atomic E-state index is 12.8. The quantitative estimate of drug-likeness (QED) is 0.630. The Morgan fingerprint density at radius 3 is 2.23 bits per heavy atom. The van der Waals surface area contributed by atoms with Crippen LogP contribution in [0.25, 0.3) is 0 Å². The van der Waals surface area contributed by atoms with Gasteiger partial charge in [-0.2, -0.15) is 0 Å². The van der Waals surface area contributed by atoms with Gasteiger partial charge in [0.25, 0.3) is 0 Å². The minimum absolute atomic E-state index is 0.122. The van der Waals surface area contributed by atoms with Crippen molar-refractivity contribution in [3.8, 4) is 0 Å². The molecule has 1 aromatic rings. The van der Waals surface area contributed by atoms with E-state index in [0.29, 0.717) is 18.1 Å². The van der Waals surface area contributed by atoms with E-state index in [4.69, 9.17) is 4.74 Å². The third-order valence-electron chi connectivity index (χ3n) is 4.38. The molecule has 0 saturated carbocycles. The molecule has 1 aromatic carbocycles. The van der Waals surface area contributed by atoms with Crippen LogP contribution in [0.5, 0.6) is 0 Å². The molecule has 0 aliphatic heterocycles. The standard InChI is InChI=1S/C21H32N2O3/c1-14(2)12-20(16(4)26-6)23-21(25)15(3)19(22-17(5)24)13-18-10-8-7-9-11-18/h7-11,14-15,19-20H,4,12-13H2,1-3,5-6H3,(H,22,24)(H,23,25). The van der Waals surface area contributed by atoms with Gasteiger partial charge in [0.2, 0.25) is 11.8 Å². The van der Waals surface area contributed by atoms with Gasteiger partial charge in [-0.05, 0) is 24.3 Å². The maximum absolute atomic E-state index is 12.8. The molecular formula is C21H32N2O3. The van der Waals surface area contributed by atoms with E-state index >= 15 is 0 Å². The van der Waals surface area contributed by atoms with Crippen molar-refractivity contribution in [3.63, 3.8) is 0 Å². The molecule has 26 heavy (non-hydrogen) atoms. The maximum Gasteiger partial charge on any atom is 0.225 e. The second-order valence-electron chi connectivity index (χ2n) is 7.15. The Balaban J connectivity index is 2.86. The third kappa shape index (κ3) is 7.30. The average Bonchev–Trinajstić information content (AvgIpc) is 2.59. The van der Waals surface area contributed by atoms with Crippen molar-refractivity contribution in [1.29, 1.82) is 0 Å². The van der Waals surface area contributed by atoms with Crippen LogP contribution in [0.3, 0.4) is 0 Å². The van der Waals surface area contributed by atoms with E-state index in [2.05, 4.69) is 31.1 Å². The largest absolute Gasteiger partial charge is 0.500 e. The molecule has 5 heteroatoms. The van der Waals surface area contributed by atoms with Crippen LogP contribution in [0.1, 0.15) is 39.7 Å². The zero-order chi connectivity index (χ0) is 19.7. The Labute approximate surface area is 157 Å². The van der Waals surface area contributed by atoms with Crippen LogP contribution in [0.15, 0.2) is 42.7 Å². The van der Waals surface area contributed by atoms with Gasteiger partial charge < -0.3 is 15.4 Å². The summed E-state index contributed by atoms with van der Waals surface area (Å²) >= 11 is 0. The van der Waals surface area contributed by atoms with Crippen molar-refractivity contribution < 1.29 is 14.3 Å². The van der Waals surface area contributed by atoms with Crippen LogP contribution in [0.2, 0.25) is 0 Å². The SMILES string of the molecule is C=C(OC)C(CC(C)C)NC(=O)C(C)C(Cc1ccccc1)NC(C)=O. The van der Waals surface area contributed by atoms with Crippen LogP contribution in [0.4, 0.5) is 0 Å². The third-order valence-corrected chi connectivity index (χ3v) is 4.38. The normalized spacial score (nSPS) is 14.2. The van der Waals surface area contributed by atoms with Gasteiger partial charge >= 0.3 is 0 Å². The summed E-state index contributed by atoms with van der Waals surface area (Å²) in [5, 5.41) is 5.94. The molecule has 0 spiro atoms. The first-order valence-corrected chi connectivity index (χ1v) is 9.08. The second kappa shape index (κ2) is 10.6. The van der Waals surface area contributed by atoms with Gasteiger partial charge in [0.15, 0.2) is 0 Å². The van der Waals surface area contributed by atoms with Crippen LogP contribution >= 0.6 is 0 Å². The molecule has 0 fully saturated rings. The van der Waals surface area contributed by atoms with Crippen molar-refractivity contribution in [2.45, 2.75) is 52.6 Å². The number of nitrogens with one attached hydrogen (secondary N) is 2. The Bertz CT molecular complexity index is 599. The summed E-state index contributed by atoms with van der Waals surface area (Å²) in [5.74, 6) is 0.268. The molecule has 5 nitrogen and oxygen atoms in total. The topological polar surface area (TPSA) is 67.4 Å². The predicted molar refractivity (Wildman–Crippen MR) is 104 cm³/mol. The minimum Gasteiger partial charge on any atom is -0.500 e. The van der Waals surface area contributed by atoms with E-state index in [1.807, 2.05) is 37.3 Å². The van der Waals surface area contributed by atoms with Crippen LogP contribution in [-0.2, 0) is 20.7 Å². The lowest BCUT2D eigenvalue weighted by Gasteiger charge is -2.28. The molecule has 144 valence electrons. The zero-order valence-electron chi connectivity index (χ0n) is 16.5. The molecule has 1 rings (SSSR count). The van der Waals surface area contributed by atoms with Crippen LogP contribution in [0, 0.1) is 11.8 Å². The first-order chi connectivity index (χ1) is 12.2. The van der Waals surface area contributed by atoms with E-state index in [0.717, 1.165) is 12.0 Å². The van der Waals surface area contributed by atoms with Gasteiger partial charge in [-0.1, -0.05) is 57.7 Å². The first kappa shape index (κ1) is 21.7. The fourth-order valence-corrected chi connectivity index (χ4v) is 2.85. The van der Waals surface area contributed by atoms with Crippen molar-refractivity contribution >= 4 is 11.8 Å². The van der Waals surface area contributed by atoms with Gasteiger partial charge in [0.1, 0.15) is 5.76 Å². The van der Waals surface area contributed by atoms with Gasteiger partial charge in [-0.15, -0.1) is 0 Å². The lowest BCUT2D eigenvalue weighted by Crippen LogP contribution is -2.49. The number of hydrogen-bond acceptors (Lipinski definition) is 3. The number of amides is 2. The van der Waals surface area contributed by atoms with Crippen molar-refractivity contribution in [2.24, 2.45) is 11.8 Å². The first-order valence-electron chi connectivity index (χ1n) is 9.08. The zero-order valence-corrected chi connectivity index (χ0v) is 16.5. The monoisotopic (exact) mass is 360 g/mol. The number of benzene rings is 1. The molecule has 0 heterocycles. The summed E-state index contributed by atoms with van der Waals surface area (Å²) in [7, 11) is 1.56. The molecule has 0 aliphatic rings. The highest BCUT2D eigenvalue weighted by molar-refractivity contribution is 5.81. The van der Waals surface area contributed by atoms with E-state index in [1.54, 1.807) is 7.11 Å². The van der Waals surface area contributed by atoms with Crippen molar-refractivity contribution in [3.05, 3.63) is 48.2 Å². The van der Waals surface area contributed by atoms with Crippen molar-refractivity contribution in [1.82, 2.24) is 10.6 Å². The van der Waals surface area contributed by atoms with Gasteiger partial charge in [0.05, 0.1) is 19.1 Å². The molecule has 2 N–H and O–H groups in total. The highest BCUT2D eigenvalue weighted by Crippen LogP contribution is 2.16. The molecule has 0 saturated heterocycles. The number of ether oxygens (including phenoxy) is 1. The fourth-order valence-electron chi connectivity index (χ4n) is 2.85. The lowest BCUT2D eigenvalue weighted by molar-refractivity contribution is -0.127. The van der Waals surface area contributed by atoms with Gasteiger partial charge in [-0.25, -0.2) is 0 Å². The Kier molecular flexibility index (Phi) is 8.90.